The molecule has 0 aliphatic rings. The van der Waals surface area contributed by atoms with Crippen LogP contribution in [0, 0.1) is 10.1 Å². The molecular formula is C16H13BrN2O3. The Morgan fingerprint density at radius 1 is 1.23 bits per heavy atom. The van der Waals surface area contributed by atoms with Crippen LogP contribution in [0.15, 0.2) is 59.1 Å². The number of nitrogens with zero attached hydrogens (tertiary/aromatic N) is 1. The Kier molecular flexibility index (Phi) is 5.43. The van der Waals surface area contributed by atoms with Gasteiger partial charge in [0.15, 0.2) is 0 Å². The van der Waals surface area contributed by atoms with Crippen LogP contribution in [-0.4, -0.2) is 10.8 Å². The summed E-state index contributed by atoms with van der Waals surface area (Å²) in [6.45, 7) is 0.422. The predicted octanol–water partition coefficient (Wildman–Crippen LogP) is 3.69. The molecule has 2 rings (SSSR count). The maximum Gasteiger partial charge on any atom is 0.270 e. The molecule has 0 aliphatic carbocycles. The number of carbonyl (C=O) groups is 1. The summed E-state index contributed by atoms with van der Waals surface area (Å²) in [5.74, 6) is -0.255. The quantitative estimate of drug-likeness (QED) is 0.502. The highest BCUT2D eigenvalue weighted by atomic mass is 79.9. The number of amides is 1. The monoisotopic (exact) mass is 360 g/mol. The van der Waals surface area contributed by atoms with E-state index < -0.39 is 4.92 Å². The molecule has 1 N–H and O–H groups in total. The average molecular weight is 361 g/mol. The molecule has 0 fully saturated rings. The van der Waals surface area contributed by atoms with Crippen LogP contribution in [0.5, 0.6) is 0 Å². The van der Waals surface area contributed by atoms with E-state index >= 15 is 0 Å². The van der Waals surface area contributed by atoms with Gasteiger partial charge in [-0.05, 0) is 29.3 Å². The van der Waals surface area contributed by atoms with Crippen LogP contribution in [0.1, 0.15) is 11.1 Å². The summed E-state index contributed by atoms with van der Waals surface area (Å²) in [7, 11) is 0. The molecule has 0 aromatic heterocycles. The fourth-order valence-corrected chi connectivity index (χ4v) is 2.03. The van der Waals surface area contributed by atoms with Gasteiger partial charge in [-0.1, -0.05) is 40.2 Å². The van der Waals surface area contributed by atoms with Gasteiger partial charge in [-0.3, -0.25) is 14.9 Å². The van der Waals surface area contributed by atoms with E-state index in [9.17, 15) is 14.9 Å². The molecule has 0 saturated heterocycles. The highest BCUT2D eigenvalue weighted by molar-refractivity contribution is 9.10. The molecule has 22 heavy (non-hydrogen) atoms. The molecule has 2 aromatic rings. The SMILES string of the molecule is O=C(/C=C/c1cccc([N+](=O)[O-])c1)NCc1ccc(Br)cc1. The van der Waals surface area contributed by atoms with Crippen molar-refractivity contribution < 1.29 is 9.72 Å². The molecule has 1 amide bonds. The van der Waals surface area contributed by atoms with E-state index in [1.165, 1.54) is 18.2 Å². The van der Waals surface area contributed by atoms with Crippen molar-refractivity contribution in [3.05, 3.63) is 80.3 Å². The van der Waals surface area contributed by atoms with Crippen molar-refractivity contribution in [2.24, 2.45) is 0 Å². The van der Waals surface area contributed by atoms with Gasteiger partial charge in [0.25, 0.3) is 5.69 Å². The lowest BCUT2D eigenvalue weighted by Gasteiger charge is -2.02. The lowest BCUT2D eigenvalue weighted by atomic mass is 10.2. The van der Waals surface area contributed by atoms with Crippen molar-refractivity contribution in [3.63, 3.8) is 0 Å². The Bertz CT molecular complexity index is 712. The minimum atomic E-state index is -0.467. The van der Waals surface area contributed by atoms with Crippen LogP contribution < -0.4 is 5.32 Å². The van der Waals surface area contributed by atoms with Crippen molar-refractivity contribution in [2.45, 2.75) is 6.54 Å². The standard InChI is InChI=1S/C16H13BrN2O3/c17-14-7-4-13(5-8-14)11-18-16(20)9-6-12-2-1-3-15(10-12)19(21)22/h1-10H,11H2,(H,18,20)/b9-6+. The van der Waals surface area contributed by atoms with Gasteiger partial charge < -0.3 is 5.32 Å². The van der Waals surface area contributed by atoms with Gasteiger partial charge in [-0.15, -0.1) is 0 Å². The number of nitrogens with one attached hydrogen (secondary N) is 1. The zero-order valence-electron chi connectivity index (χ0n) is 11.5. The third-order valence-corrected chi connectivity index (χ3v) is 3.42. The van der Waals surface area contributed by atoms with Crippen LogP contribution in [0.4, 0.5) is 5.69 Å². The summed E-state index contributed by atoms with van der Waals surface area (Å²) < 4.78 is 0.980. The second-order valence-corrected chi connectivity index (χ2v) is 5.45. The van der Waals surface area contributed by atoms with Gasteiger partial charge in [0.05, 0.1) is 4.92 Å². The summed E-state index contributed by atoms with van der Waals surface area (Å²) in [5.41, 5.74) is 1.59. The third kappa shape index (κ3) is 4.82. The molecule has 0 saturated carbocycles. The highest BCUT2D eigenvalue weighted by Gasteiger charge is 2.04. The molecule has 112 valence electrons. The predicted molar refractivity (Wildman–Crippen MR) is 88.1 cm³/mol. The number of non-ortho nitro benzene ring substituents is 1. The minimum Gasteiger partial charge on any atom is -0.348 e. The van der Waals surface area contributed by atoms with Gasteiger partial charge in [0, 0.05) is 29.2 Å². The molecule has 0 spiro atoms. The average Bonchev–Trinajstić information content (AvgIpc) is 2.52. The Morgan fingerprint density at radius 3 is 2.64 bits per heavy atom. The van der Waals surface area contributed by atoms with Crippen molar-refractivity contribution in [2.75, 3.05) is 0 Å². The summed E-state index contributed by atoms with van der Waals surface area (Å²) in [4.78, 5) is 21.9. The lowest BCUT2D eigenvalue weighted by molar-refractivity contribution is -0.384. The molecule has 0 unspecified atom stereocenters. The number of carbonyl (C=O) groups excluding carboxylic acids is 1. The zero-order valence-corrected chi connectivity index (χ0v) is 13.1. The van der Waals surface area contributed by atoms with Gasteiger partial charge in [0.1, 0.15) is 0 Å². The Labute approximate surface area is 135 Å². The summed E-state index contributed by atoms with van der Waals surface area (Å²) in [6, 6.07) is 13.7. The van der Waals surface area contributed by atoms with Crippen LogP contribution in [0.2, 0.25) is 0 Å². The molecule has 2 aromatic carbocycles. The number of halogens is 1. The van der Waals surface area contributed by atoms with E-state index in [0.717, 1.165) is 10.0 Å². The van der Waals surface area contributed by atoms with Gasteiger partial charge in [-0.2, -0.15) is 0 Å². The van der Waals surface area contributed by atoms with Crippen LogP contribution in [0.3, 0.4) is 0 Å². The summed E-state index contributed by atoms with van der Waals surface area (Å²) in [6.07, 6.45) is 2.90. The molecule has 5 nitrogen and oxygen atoms in total. The second kappa shape index (κ2) is 7.51. The maximum atomic E-state index is 11.7. The van der Waals surface area contributed by atoms with Gasteiger partial charge in [-0.25, -0.2) is 0 Å². The largest absolute Gasteiger partial charge is 0.348 e. The Hall–Kier alpha value is -2.47. The van der Waals surface area contributed by atoms with Crippen molar-refractivity contribution in [3.8, 4) is 0 Å². The molecule has 0 atom stereocenters. The van der Waals surface area contributed by atoms with Gasteiger partial charge in [0.2, 0.25) is 5.91 Å². The second-order valence-electron chi connectivity index (χ2n) is 4.53. The van der Waals surface area contributed by atoms with E-state index in [-0.39, 0.29) is 11.6 Å². The van der Waals surface area contributed by atoms with Crippen LogP contribution >= 0.6 is 15.9 Å². The first-order valence-electron chi connectivity index (χ1n) is 6.49. The number of hydrogen-bond donors (Lipinski definition) is 1. The van der Waals surface area contributed by atoms with E-state index in [0.29, 0.717) is 12.1 Å². The first-order chi connectivity index (χ1) is 10.5. The van der Waals surface area contributed by atoms with Crippen molar-refractivity contribution in [1.29, 1.82) is 0 Å². The first kappa shape index (κ1) is 15.9. The molecule has 6 heteroatoms. The minimum absolute atomic E-state index is 0.00239. The van der Waals surface area contributed by atoms with Crippen molar-refractivity contribution in [1.82, 2.24) is 5.32 Å². The normalized spacial score (nSPS) is 10.6. The topological polar surface area (TPSA) is 72.2 Å². The Balaban J connectivity index is 1.92. The van der Waals surface area contributed by atoms with Crippen LogP contribution in [-0.2, 0) is 11.3 Å². The highest BCUT2D eigenvalue weighted by Crippen LogP contribution is 2.14. The number of nitro groups is 1. The number of hydrogen-bond acceptors (Lipinski definition) is 3. The fraction of sp³-hybridized carbons (Fsp3) is 0.0625. The molecular weight excluding hydrogens is 348 g/mol. The van der Waals surface area contributed by atoms with E-state index in [2.05, 4.69) is 21.2 Å². The Morgan fingerprint density at radius 2 is 1.95 bits per heavy atom. The summed E-state index contributed by atoms with van der Waals surface area (Å²) in [5, 5.41) is 13.4. The van der Waals surface area contributed by atoms with E-state index in [1.807, 2.05) is 24.3 Å². The summed E-state index contributed by atoms with van der Waals surface area (Å²) >= 11 is 3.35. The molecule has 0 radical (unpaired) electrons. The van der Waals surface area contributed by atoms with E-state index in [4.69, 9.17) is 0 Å². The van der Waals surface area contributed by atoms with Gasteiger partial charge >= 0.3 is 0 Å². The zero-order chi connectivity index (χ0) is 15.9. The lowest BCUT2D eigenvalue weighted by Crippen LogP contribution is -2.20. The fourth-order valence-electron chi connectivity index (χ4n) is 1.76. The van der Waals surface area contributed by atoms with Crippen LogP contribution in [0.25, 0.3) is 6.08 Å². The molecule has 0 heterocycles. The first-order valence-corrected chi connectivity index (χ1v) is 7.29. The number of nitro benzene ring substituents is 1. The molecule has 0 aliphatic heterocycles. The third-order valence-electron chi connectivity index (χ3n) is 2.89. The molecule has 0 bridgehead atoms. The number of rotatable bonds is 5. The van der Waals surface area contributed by atoms with Crippen molar-refractivity contribution >= 4 is 33.6 Å². The maximum absolute atomic E-state index is 11.7. The number of benzene rings is 2. The van der Waals surface area contributed by atoms with E-state index in [1.54, 1.807) is 18.2 Å². The smallest absolute Gasteiger partial charge is 0.270 e.